The Morgan fingerprint density at radius 3 is 2.44 bits per heavy atom. The van der Waals surface area contributed by atoms with Crippen LogP contribution in [0, 0.1) is 0 Å². The summed E-state index contributed by atoms with van der Waals surface area (Å²) >= 11 is 0. The molecule has 1 aromatic rings. The minimum absolute atomic E-state index is 0.0132. The van der Waals surface area contributed by atoms with Crippen molar-refractivity contribution in [3.63, 3.8) is 0 Å². The van der Waals surface area contributed by atoms with E-state index in [4.69, 9.17) is 9.84 Å². The van der Waals surface area contributed by atoms with Crippen LogP contribution in [-0.2, 0) is 0 Å². The van der Waals surface area contributed by atoms with Crippen molar-refractivity contribution in [2.45, 2.75) is 18.9 Å². The number of carbonyl (C=O) groups is 2. The van der Waals surface area contributed by atoms with E-state index in [9.17, 15) is 9.59 Å². The van der Waals surface area contributed by atoms with E-state index < -0.39 is 5.97 Å². The summed E-state index contributed by atoms with van der Waals surface area (Å²) in [6.07, 6.45) is 4.33. The molecule has 2 rings (SSSR count). The zero-order chi connectivity index (χ0) is 13.3. The zero-order valence-electron chi connectivity index (χ0n) is 10.2. The van der Waals surface area contributed by atoms with Crippen LogP contribution >= 0.6 is 0 Å². The molecular weight excluding hydrogens is 236 g/mol. The highest BCUT2D eigenvalue weighted by Gasteiger charge is 2.29. The van der Waals surface area contributed by atoms with Gasteiger partial charge in [0.25, 0.3) is 5.91 Å². The molecule has 0 spiro atoms. The quantitative estimate of drug-likeness (QED) is 0.863. The first-order valence-electron chi connectivity index (χ1n) is 5.60. The fourth-order valence-corrected chi connectivity index (χ4v) is 1.47. The van der Waals surface area contributed by atoms with Gasteiger partial charge < -0.3 is 14.7 Å². The van der Waals surface area contributed by atoms with Gasteiger partial charge in [-0.3, -0.25) is 9.78 Å². The molecule has 18 heavy (non-hydrogen) atoms. The molecule has 0 aromatic carbocycles. The van der Waals surface area contributed by atoms with Gasteiger partial charge in [-0.2, -0.15) is 0 Å². The minimum atomic E-state index is -1.15. The molecule has 0 atom stereocenters. The Morgan fingerprint density at radius 2 is 1.94 bits per heavy atom. The Balaban J connectivity index is 2.46. The van der Waals surface area contributed by atoms with Crippen LogP contribution in [0.5, 0.6) is 5.75 Å². The van der Waals surface area contributed by atoms with E-state index in [1.54, 1.807) is 14.1 Å². The SMILES string of the molecule is CN(C)C(=O)c1cncc(C(=O)O)c1OC1CC1. The Bertz CT molecular complexity index is 495. The maximum absolute atomic E-state index is 12.0. The van der Waals surface area contributed by atoms with E-state index in [1.165, 1.54) is 17.3 Å². The fraction of sp³-hybridized carbons (Fsp3) is 0.417. The third kappa shape index (κ3) is 2.42. The van der Waals surface area contributed by atoms with Gasteiger partial charge in [0, 0.05) is 26.5 Å². The van der Waals surface area contributed by atoms with Crippen LogP contribution in [0.25, 0.3) is 0 Å². The van der Waals surface area contributed by atoms with Crippen molar-refractivity contribution < 1.29 is 19.4 Å². The van der Waals surface area contributed by atoms with Gasteiger partial charge in [0.15, 0.2) is 0 Å². The fourth-order valence-electron chi connectivity index (χ4n) is 1.47. The van der Waals surface area contributed by atoms with E-state index in [0.717, 1.165) is 12.8 Å². The van der Waals surface area contributed by atoms with E-state index in [1.807, 2.05) is 0 Å². The topological polar surface area (TPSA) is 79.7 Å². The first kappa shape index (κ1) is 12.3. The number of amides is 1. The molecule has 1 N–H and O–H groups in total. The zero-order valence-corrected chi connectivity index (χ0v) is 10.2. The molecule has 96 valence electrons. The summed E-state index contributed by atoms with van der Waals surface area (Å²) in [5.41, 5.74) is 0.112. The van der Waals surface area contributed by atoms with Crippen molar-refractivity contribution in [1.29, 1.82) is 0 Å². The molecule has 0 saturated heterocycles. The van der Waals surface area contributed by atoms with Crippen molar-refractivity contribution in [3.8, 4) is 5.75 Å². The minimum Gasteiger partial charge on any atom is -0.489 e. The smallest absolute Gasteiger partial charge is 0.341 e. The maximum Gasteiger partial charge on any atom is 0.341 e. The van der Waals surface area contributed by atoms with Gasteiger partial charge in [0.2, 0.25) is 0 Å². The average Bonchev–Trinajstić information content (AvgIpc) is 3.11. The average molecular weight is 250 g/mol. The predicted octanol–water partition coefficient (Wildman–Crippen LogP) is 1.02. The molecule has 0 bridgehead atoms. The second-order valence-corrected chi connectivity index (χ2v) is 4.39. The molecule has 6 nitrogen and oxygen atoms in total. The van der Waals surface area contributed by atoms with Crippen molar-refractivity contribution in [3.05, 3.63) is 23.5 Å². The Morgan fingerprint density at radius 1 is 1.33 bits per heavy atom. The number of pyridine rings is 1. The van der Waals surface area contributed by atoms with Gasteiger partial charge in [-0.15, -0.1) is 0 Å². The summed E-state index contributed by atoms with van der Waals surface area (Å²) in [6.45, 7) is 0. The molecule has 1 heterocycles. The lowest BCUT2D eigenvalue weighted by Crippen LogP contribution is -2.23. The van der Waals surface area contributed by atoms with Gasteiger partial charge in [-0.05, 0) is 12.8 Å². The summed E-state index contributed by atoms with van der Waals surface area (Å²) in [4.78, 5) is 28.2. The van der Waals surface area contributed by atoms with Crippen LogP contribution in [0.3, 0.4) is 0 Å². The molecule has 1 amide bonds. The Labute approximate surface area is 104 Å². The number of aromatic carboxylic acids is 1. The second-order valence-electron chi connectivity index (χ2n) is 4.39. The van der Waals surface area contributed by atoms with Gasteiger partial charge >= 0.3 is 5.97 Å². The van der Waals surface area contributed by atoms with Crippen molar-refractivity contribution in [1.82, 2.24) is 9.88 Å². The number of hydrogen-bond acceptors (Lipinski definition) is 4. The van der Waals surface area contributed by atoms with Crippen molar-refractivity contribution >= 4 is 11.9 Å². The first-order chi connectivity index (χ1) is 8.50. The number of nitrogens with zero attached hydrogens (tertiary/aromatic N) is 2. The number of hydrogen-bond donors (Lipinski definition) is 1. The Hall–Kier alpha value is -2.11. The molecule has 1 saturated carbocycles. The third-order valence-corrected chi connectivity index (χ3v) is 2.57. The van der Waals surface area contributed by atoms with Crippen LogP contribution in [0.1, 0.15) is 33.6 Å². The monoisotopic (exact) mass is 250 g/mol. The first-order valence-corrected chi connectivity index (χ1v) is 5.60. The van der Waals surface area contributed by atoms with E-state index in [0.29, 0.717) is 0 Å². The molecule has 6 heteroatoms. The van der Waals surface area contributed by atoms with E-state index in [-0.39, 0.29) is 28.9 Å². The van der Waals surface area contributed by atoms with Crippen molar-refractivity contribution in [2.24, 2.45) is 0 Å². The third-order valence-electron chi connectivity index (χ3n) is 2.57. The van der Waals surface area contributed by atoms with Crippen LogP contribution in [0.2, 0.25) is 0 Å². The summed E-state index contributed by atoms with van der Waals surface area (Å²) in [6, 6.07) is 0. The summed E-state index contributed by atoms with van der Waals surface area (Å²) < 4.78 is 5.55. The lowest BCUT2D eigenvalue weighted by Gasteiger charge is -2.15. The second kappa shape index (κ2) is 4.64. The Kier molecular flexibility index (Phi) is 3.18. The van der Waals surface area contributed by atoms with Gasteiger partial charge in [0.05, 0.1) is 6.10 Å². The van der Waals surface area contributed by atoms with Gasteiger partial charge in [-0.1, -0.05) is 0 Å². The maximum atomic E-state index is 12.0. The normalized spacial score (nSPS) is 14.1. The van der Waals surface area contributed by atoms with Gasteiger partial charge in [-0.25, -0.2) is 4.79 Å². The number of carboxylic acids is 1. The molecule has 0 unspecified atom stereocenters. The predicted molar refractivity (Wildman–Crippen MR) is 62.9 cm³/mol. The number of carboxylic acid groups (broad SMARTS) is 1. The molecule has 0 radical (unpaired) electrons. The van der Waals surface area contributed by atoms with Crippen molar-refractivity contribution in [2.75, 3.05) is 14.1 Å². The number of ether oxygens (including phenoxy) is 1. The van der Waals surface area contributed by atoms with Gasteiger partial charge in [0.1, 0.15) is 16.9 Å². The molecule has 1 fully saturated rings. The lowest BCUT2D eigenvalue weighted by molar-refractivity contribution is 0.0691. The highest BCUT2D eigenvalue weighted by atomic mass is 16.5. The number of carbonyl (C=O) groups excluding carboxylic acids is 1. The molecular formula is C12H14N2O4. The molecule has 0 aliphatic heterocycles. The van der Waals surface area contributed by atoms with Crippen LogP contribution in [-0.4, -0.2) is 47.1 Å². The molecule has 1 aliphatic carbocycles. The largest absolute Gasteiger partial charge is 0.489 e. The highest BCUT2D eigenvalue weighted by molar-refractivity contribution is 6.01. The highest BCUT2D eigenvalue weighted by Crippen LogP contribution is 2.32. The number of aromatic nitrogens is 1. The summed E-state index contributed by atoms with van der Waals surface area (Å²) in [5, 5.41) is 9.10. The molecule has 1 aromatic heterocycles. The van der Waals surface area contributed by atoms with Crippen LogP contribution < -0.4 is 4.74 Å². The lowest BCUT2D eigenvalue weighted by atomic mass is 10.1. The van der Waals surface area contributed by atoms with E-state index >= 15 is 0 Å². The van der Waals surface area contributed by atoms with Crippen LogP contribution in [0.4, 0.5) is 0 Å². The summed E-state index contributed by atoms with van der Waals surface area (Å²) in [7, 11) is 3.19. The standard InChI is InChI=1S/C12H14N2O4/c1-14(2)11(15)8-5-13-6-9(12(16)17)10(8)18-7-3-4-7/h5-7H,3-4H2,1-2H3,(H,16,17). The van der Waals surface area contributed by atoms with E-state index in [2.05, 4.69) is 4.98 Å². The van der Waals surface area contributed by atoms with Crippen LogP contribution in [0.15, 0.2) is 12.4 Å². The molecule has 1 aliphatic rings. The number of rotatable bonds is 4. The summed E-state index contributed by atoms with van der Waals surface area (Å²) in [5.74, 6) is -1.34.